The van der Waals surface area contributed by atoms with Crippen LogP contribution in [0.4, 0.5) is 10.1 Å². The Morgan fingerprint density at radius 2 is 2.05 bits per heavy atom. The van der Waals surface area contributed by atoms with Gasteiger partial charge in [0, 0.05) is 43.6 Å². The summed E-state index contributed by atoms with van der Waals surface area (Å²) in [5.74, 6) is -2.45. The highest BCUT2D eigenvalue weighted by molar-refractivity contribution is 7.11. The van der Waals surface area contributed by atoms with Gasteiger partial charge in [0.2, 0.25) is 5.91 Å². The number of nitrogens with zero attached hydrogens (tertiary/aromatic N) is 4. The van der Waals surface area contributed by atoms with Gasteiger partial charge >= 0.3 is 5.97 Å². The number of fused-ring (bicyclic) bond motifs is 1. The number of halogens is 2. The third kappa shape index (κ3) is 6.09. The van der Waals surface area contributed by atoms with Crippen LogP contribution in [-0.2, 0) is 34.2 Å². The molecule has 2 N–H and O–H groups in total. The Hall–Kier alpha value is -3.87. The molecule has 10 nitrogen and oxygen atoms in total. The summed E-state index contributed by atoms with van der Waals surface area (Å²) in [6, 6.07) is 9.32. The van der Waals surface area contributed by atoms with Crippen LogP contribution in [0.25, 0.3) is 10.9 Å². The van der Waals surface area contributed by atoms with Crippen molar-refractivity contribution in [2.75, 3.05) is 19.0 Å². The van der Waals surface area contributed by atoms with Crippen molar-refractivity contribution in [3.63, 3.8) is 0 Å². The molecular weight excluding hydrogens is 573 g/mol. The van der Waals surface area contributed by atoms with Gasteiger partial charge in [-0.05, 0) is 30.2 Å². The topological polar surface area (TPSA) is 127 Å². The van der Waals surface area contributed by atoms with Crippen molar-refractivity contribution in [3.05, 3.63) is 74.6 Å². The first-order chi connectivity index (χ1) is 19.6. The van der Waals surface area contributed by atoms with Crippen molar-refractivity contribution in [2.45, 2.75) is 37.8 Å². The number of aromatic nitrogens is 3. The number of nitrogens with one attached hydrogen (secondary N) is 1. The van der Waals surface area contributed by atoms with Crippen LogP contribution in [0.2, 0.25) is 5.02 Å². The summed E-state index contributed by atoms with van der Waals surface area (Å²) in [6.07, 6.45) is 2.02. The minimum Gasteiger partial charge on any atom is -0.481 e. The van der Waals surface area contributed by atoms with Gasteiger partial charge in [-0.2, -0.15) is 5.10 Å². The molecule has 3 heterocycles. The first kappa shape index (κ1) is 28.7. The molecule has 0 radical (unpaired) electrons. The molecule has 4 aromatic rings. The second-order valence-corrected chi connectivity index (χ2v) is 11.3. The minimum absolute atomic E-state index is 0.00935. The van der Waals surface area contributed by atoms with Crippen LogP contribution in [0, 0.1) is 5.82 Å². The number of benzene rings is 2. The van der Waals surface area contributed by atoms with Gasteiger partial charge in [-0.1, -0.05) is 29.8 Å². The Balaban J connectivity index is 1.31. The van der Waals surface area contributed by atoms with E-state index in [1.54, 1.807) is 42.1 Å². The third-order valence-corrected chi connectivity index (χ3v) is 8.53. The number of anilines is 1. The lowest BCUT2D eigenvalue weighted by Gasteiger charge is -2.23. The summed E-state index contributed by atoms with van der Waals surface area (Å²) in [6.45, 7) is 0.311. The average Bonchev–Trinajstić information content (AvgIpc) is 3.67. The third-order valence-electron chi connectivity index (χ3n) is 7.06. The quantitative estimate of drug-likeness (QED) is 0.287. The molecule has 5 rings (SSSR count). The number of carboxylic acid groups (broad SMARTS) is 1. The van der Waals surface area contributed by atoms with Crippen LogP contribution in [0.5, 0.6) is 0 Å². The second kappa shape index (κ2) is 11.9. The van der Waals surface area contributed by atoms with Gasteiger partial charge < -0.3 is 20.1 Å². The number of carbonyl (C=O) groups is 3. The zero-order valence-electron chi connectivity index (χ0n) is 22.3. The summed E-state index contributed by atoms with van der Waals surface area (Å²) in [5.41, 5.74) is 1.10. The predicted octanol–water partition coefficient (Wildman–Crippen LogP) is 4.62. The molecule has 2 amide bonds. The number of hydrogen-bond donors (Lipinski definition) is 2. The highest BCUT2D eigenvalue weighted by Gasteiger charge is 2.38. The number of aliphatic carboxylic acids is 1. The minimum atomic E-state index is -0.895. The number of thiazole rings is 1. The van der Waals surface area contributed by atoms with Crippen LogP contribution in [-0.4, -0.2) is 62.3 Å². The van der Waals surface area contributed by atoms with E-state index in [1.807, 2.05) is 12.1 Å². The van der Waals surface area contributed by atoms with E-state index in [-0.39, 0.29) is 52.9 Å². The highest BCUT2D eigenvalue weighted by atomic mass is 35.5. The fourth-order valence-electron chi connectivity index (χ4n) is 4.95. The van der Waals surface area contributed by atoms with Gasteiger partial charge in [0.25, 0.3) is 5.91 Å². The van der Waals surface area contributed by atoms with E-state index >= 15 is 4.39 Å². The maximum absolute atomic E-state index is 15.2. The maximum Gasteiger partial charge on any atom is 0.303 e. The number of methoxy groups -OCH3 is 1. The number of carboxylic acids is 1. The van der Waals surface area contributed by atoms with Crippen molar-refractivity contribution in [1.82, 2.24) is 19.7 Å². The number of aryl methyl sites for hydroxylation is 2. The van der Waals surface area contributed by atoms with Crippen molar-refractivity contribution in [3.8, 4) is 0 Å². The van der Waals surface area contributed by atoms with E-state index < -0.39 is 17.7 Å². The van der Waals surface area contributed by atoms with Gasteiger partial charge in [0.1, 0.15) is 10.8 Å². The molecule has 13 heteroatoms. The Labute approximate surface area is 243 Å². The molecule has 0 spiro atoms. The van der Waals surface area contributed by atoms with Gasteiger partial charge in [-0.15, -0.1) is 11.3 Å². The van der Waals surface area contributed by atoms with Crippen molar-refractivity contribution in [1.29, 1.82) is 0 Å². The van der Waals surface area contributed by atoms with Gasteiger partial charge in [0.15, 0.2) is 5.69 Å². The smallest absolute Gasteiger partial charge is 0.303 e. The Bertz CT molecular complexity index is 1640. The standard InChI is InChI=1S/C28H27ClFN5O5S/c1-34-22-6-4-3-5-18(22)26(33-34)27(39)32-21-12-20(30)15(9-19(21)29)10-24(36)35-14-16(40-2)11-23(35)28-31-13-17(41-28)7-8-25(37)38/h3-6,9,12-13,16,23H,7-8,10-11,14H2,1-2H3,(H,32,39)(H,37,38)/t16-,23-/m0/s1. The van der Waals surface area contributed by atoms with Crippen LogP contribution < -0.4 is 5.32 Å². The SMILES string of the molecule is CO[C@H]1C[C@@H](c2ncc(CCC(=O)O)s2)N(C(=O)Cc2cc(Cl)c(NC(=O)c3nn(C)c4ccccc34)cc2F)C1. The summed E-state index contributed by atoms with van der Waals surface area (Å²) in [4.78, 5) is 44.2. The molecule has 0 bridgehead atoms. The van der Waals surface area contributed by atoms with Crippen molar-refractivity contribution >= 4 is 57.3 Å². The van der Waals surface area contributed by atoms with Crippen molar-refractivity contribution in [2.24, 2.45) is 7.05 Å². The molecule has 1 aliphatic heterocycles. The van der Waals surface area contributed by atoms with E-state index in [9.17, 15) is 14.4 Å². The fourth-order valence-corrected chi connectivity index (χ4v) is 6.22. The lowest BCUT2D eigenvalue weighted by atomic mass is 10.1. The van der Waals surface area contributed by atoms with Gasteiger partial charge in [0.05, 0.1) is 41.2 Å². The Morgan fingerprint density at radius 3 is 2.80 bits per heavy atom. The Kier molecular flexibility index (Phi) is 8.34. The summed E-state index contributed by atoms with van der Waals surface area (Å²) >= 11 is 7.78. The molecule has 0 aliphatic carbocycles. The largest absolute Gasteiger partial charge is 0.481 e. The molecule has 2 atom stereocenters. The predicted molar refractivity (Wildman–Crippen MR) is 152 cm³/mol. The number of amides is 2. The first-order valence-electron chi connectivity index (χ1n) is 12.8. The number of carbonyl (C=O) groups excluding carboxylic acids is 2. The number of para-hydroxylation sites is 1. The zero-order chi connectivity index (χ0) is 29.3. The molecule has 2 aromatic heterocycles. The van der Waals surface area contributed by atoms with E-state index in [0.717, 1.165) is 16.5 Å². The molecule has 0 saturated carbocycles. The molecule has 41 heavy (non-hydrogen) atoms. The van der Waals surface area contributed by atoms with Crippen LogP contribution in [0.1, 0.15) is 44.8 Å². The van der Waals surface area contributed by atoms with Gasteiger partial charge in [-0.3, -0.25) is 19.1 Å². The van der Waals surface area contributed by atoms with E-state index in [0.29, 0.717) is 29.8 Å². The summed E-state index contributed by atoms with van der Waals surface area (Å²) in [7, 11) is 3.29. The monoisotopic (exact) mass is 599 g/mol. The van der Waals surface area contributed by atoms with Gasteiger partial charge in [-0.25, -0.2) is 9.37 Å². The maximum atomic E-state index is 15.2. The molecule has 2 aromatic carbocycles. The van der Waals surface area contributed by atoms with Crippen LogP contribution in [0.3, 0.4) is 0 Å². The molecule has 0 unspecified atom stereocenters. The first-order valence-corrected chi connectivity index (χ1v) is 14.0. The average molecular weight is 600 g/mol. The molecule has 1 aliphatic rings. The van der Waals surface area contributed by atoms with E-state index in [1.165, 1.54) is 17.4 Å². The van der Waals surface area contributed by atoms with E-state index in [2.05, 4.69) is 15.4 Å². The number of likely N-dealkylation sites (tertiary alicyclic amines) is 1. The fraction of sp³-hybridized carbons (Fsp3) is 0.321. The number of ether oxygens (including phenoxy) is 1. The Morgan fingerprint density at radius 1 is 1.27 bits per heavy atom. The van der Waals surface area contributed by atoms with Crippen LogP contribution >= 0.6 is 22.9 Å². The molecular formula is C28H27ClFN5O5S. The highest BCUT2D eigenvalue weighted by Crippen LogP contribution is 2.37. The molecule has 1 saturated heterocycles. The van der Waals surface area contributed by atoms with Crippen molar-refractivity contribution < 1.29 is 28.6 Å². The normalized spacial score (nSPS) is 16.8. The summed E-state index contributed by atoms with van der Waals surface area (Å²) in [5, 5.41) is 17.3. The molecule has 214 valence electrons. The lowest BCUT2D eigenvalue weighted by molar-refractivity contribution is -0.137. The molecule has 1 fully saturated rings. The number of rotatable bonds is 9. The lowest BCUT2D eigenvalue weighted by Crippen LogP contribution is -2.33. The second-order valence-electron chi connectivity index (χ2n) is 9.76. The number of hydrogen-bond acceptors (Lipinski definition) is 7. The summed E-state index contributed by atoms with van der Waals surface area (Å²) < 4.78 is 22.3. The zero-order valence-corrected chi connectivity index (χ0v) is 23.8. The van der Waals surface area contributed by atoms with E-state index in [4.69, 9.17) is 21.4 Å². The van der Waals surface area contributed by atoms with Crippen LogP contribution in [0.15, 0.2) is 42.6 Å².